The summed E-state index contributed by atoms with van der Waals surface area (Å²) in [5.41, 5.74) is 3.14. The lowest BCUT2D eigenvalue weighted by atomic mass is 9.85. The van der Waals surface area contributed by atoms with Crippen molar-refractivity contribution in [1.29, 1.82) is 10.5 Å². The molecule has 0 fully saturated rings. The molecule has 1 atom stereocenters. The molecule has 0 aromatic carbocycles. The molecule has 0 radical (unpaired) electrons. The molecule has 0 spiro atoms. The first-order chi connectivity index (χ1) is 10.2. The first-order valence-electron chi connectivity index (χ1n) is 6.93. The summed E-state index contributed by atoms with van der Waals surface area (Å²) in [4.78, 5) is 1.98. The third kappa shape index (κ3) is 3.04. The highest BCUT2D eigenvalue weighted by atomic mass is 15.1. The zero-order chi connectivity index (χ0) is 15.2. The van der Waals surface area contributed by atoms with Crippen molar-refractivity contribution in [2.75, 3.05) is 7.05 Å². The number of nitrogens with zero attached hydrogens (tertiary/aromatic N) is 3. The molecule has 1 heterocycles. The Morgan fingerprint density at radius 1 is 1.43 bits per heavy atom. The summed E-state index contributed by atoms with van der Waals surface area (Å²) in [6, 6.07) is 4.49. The normalized spacial score (nSPS) is 21.1. The Kier molecular flexibility index (Phi) is 4.59. The lowest BCUT2D eigenvalue weighted by Gasteiger charge is -2.27. The SMILES string of the molecule is CC/C=C\C=C(\C#N)C1=CN(C)C2=CC1C(C#N)=CC=C2. The van der Waals surface area contributed by atoms with Crippen molar-refractivity contribution in [2.24, 2.45) is 5.92 Å². The van der Waals surface area contributed by atoms with Gasteiger partial charge in [0.2, 0.25) is 0 Å². The zero-order valence-electron chi connectivity index (χ0n) is 12.2. The fourth-order valence-electron chi connectivity index (χ4n) is 2.37. The second-order valence-corrected chi connectivity index (χ2v) is 4.89. The molecule has 2 bridgehead atoms. The van der Waals surface area contributed by atoms with Crippen LogP contribution in [-0.2, 0) is 0 Å². The Morgan fingerprint density at radius 2 is 2.24 bits per heavy atom. The van der Waals surface area contributed by atoms with Crippen molar-refractivity contribution in [1.82, 2.24) is 4.90 Å². The average molecular weight is 275 g/mol. The van der Waals surface area contributed by atoms with E-state index in [4.69, 9.17) is 0 Å². The quantitative estimate of drug-likeness (QED) is 0.582. The smallest absolute Gasteiger partial charge is 0.0995 e. The second-order valence-electron chi connectivity index (χ2n) is 4.89. The van der Waals surface area contributed by atoms with E-state index < -0.39 is 0 Å². The maximum atomic E-state index is 9.44. The largest absolute Gasteiger partial charge is 0.351 e. The van der Waals surface area contributed by atoms with Gasteiger partial charge in [0.1, 0.15) is 0 Å². The van der Waals surface area contributed by atoms with Crippen LogP contribution in [0.4, 0.5) is 0 Å². The van der Waals surface area contributed by atoms with Crippen LogP contribution >= 0.6 is 0 Å². The molecule has 1 unspecified atom stereocenters. The summed E-state index contributed by atoms with van der Waals surface area (Å²) >= 11 is 0. The Balaban J connectivity index is 2.46. The number of hydrogen-bond acceptors (Lipinski definition) is 3. The molecule has 0 aromatic heterocycles. The van der Waals surface area contributed by atoms with Gasteiger partial charge in [-0.1, -0.05) is 25.2 Å². The Hall–Kier alpha value is -2.78. The van der Waals surface area contributed by atoms with Crippen LogP contribution in [0.25, 0.3) is 0 Å². The third-order valence-corrected chi connectivity index (χ3v) is 3.49. The molecule has 0 N–H and O–H groups in total. The summed E-state index contributed by atoms with van der Waals surface area (Å²) in [6.45, 7) is 2.05. The van der Waals surface area contributed by atoms with Crippen molar-refractivity contribution >= 4 is 0 Å². The van der Waals surface area contributed by atoms with Gasteiger partial charge >= 0.3 is 0 Å². The molecule has 0 saturated heterocycles. The van der Waals surface area contributed by atoms with Crippen LogP contribution in [0.2, 0.25) is 0 Å². The fourth-order valence-corrected chi connectivity index (χ4v) is 2.37. The van der Waals surface area contributed by atoms with Gasteiger partial charge in [0, 0.05) is 30.4 Å². The zero-order valence-corrected chi connectivity index (χ0v) is 12.2. The minimum absolute atomic E-state index is 0.155. The predicted octanol–water partition coefficient (Wildman–Crippen LogP) is 3.75. The maximum Gasteiger partial charge on any atom is 0.0995 e. The minimum Gasteiger partial charge on any atom is -0.351 e. The molecular weight excluding hydrogens is 258 g/mol. The van der Waals surface area contributed by atoms with Crippen LogP contribution in [0.15, 0.2) is 71.1 Å². The lowest BCUT2D eigenvalue weighted by Crippen LogP contribution is -2.20. The van der Waals surface area contributed by atoms with Crippen molar-refractivity contribution in [2.45, 2.75) is 13.3 Å². The molecule has 0 aromatic rings. The highest BCUT2D eigenvalue weighted by molar-refractivity contribution is 5.56. The highest BCUT2D eigenvalue weighted by Gasteiger charge is 2.26. The van der Waals surface area contributed by atoms with E-state index in [1.54, 1.807) is 0 Å². The summed E-state index contributed by atoms with van der Waals surface area (Å²) in [7, 11) is 1.95. The number of allylic oxidation sites excluding steroid dienone is 10. The number of fused-ring (bicyclic) bond motifs is 1. The molecule has 2 rings (SSSR count). The summed E-state index contributed by atoms with van der Waals surface area (Å²) in [5, 5.41) is 18.8. The van der Waals surface area contributed by atoms with Crippen LogP contribution in [0, 0.1) is 28.6 Å². The Bertz CT molecular complexity index is 685. The molecule has 2 aliphatic rings. The third-order valence-electron chi connectivity index (χ3n) is 3.49. The molecule has 1 aliphatic carbocycles. The van der Waals surface area contributed by atoms with Crippen molar-refractivity contribution in [3.05, 3.63) is 71.1 Å². The predicted molar refractivity (Wildman–Crippen MR) is 83.4 cm³/mol. The first-order valence-corrected chi connectivity index (χ1v) is 6.93. The van der Waals surface area contributed by atoms with E-state index in [2.05, 4.69) is 12.1 Å². The van der Waals surface area contributed by atoms with Gasteiger partial charge in [-0.2, -0.15) is 10.5 Å². The molecule has 3 heteroatoms. The van der Waals surface area contributed by atoms with Gasteiger partial charge in [-0.3, -0.25) is 0 Å². The standard InChI is InChI=1S/C18H17N3/c1-3-4-5-7-15(12-20)18-13-21(2)16-9-6-8-14(11-19)17(18)10-16/h4-10,13,17H,3H2,1-2H3/b5-4-,15-7-. The van der Waals surface area contributed by atoms with E-state index in [1.165, 1.54) is 0 Å². The summed E-state index contributed by atoms with van der Waals surface area (Å²) in [6.07, 6.45) is 16.3. The van der Waals surface area contributed by atoms with Crippen molar-refractivity contribution in [3.63, 3.8) is 0 Å². The van der Waals surface area contributed by atoms with E-state index in [0.29, 0.717) is 11.1 Å². The first kappa shape index (κ1) is 14.6. The minimum atomic E-state index is -0.155. The molecule has 0 saturated carbocycles. The van der Waals surface area contributed by atoms with E-state index >= 15 is 0 Å². The van der Waals surface area contributed by atoms with Crippen LogP contribution in [-0.4, -0.2) is 11.9 Å². The van der Waals surface area contributed by atoms with Gasteiger partial charge in [-0.05, 0) is 36.3 Å². The lowest BCUT2D eigenvalue weighted by molar-refractivity contribution is 0.556. The van der Waals surface area contributed by atoms with E-state index in [-0.39, 0.29) is 5.92 Å². The van der Waals surface area contributed by atoms with Crippen LogP contribution in [0.1, 0.15) is 13.3 Å². The molecular formula is C18H17N3. The number of nitriles is 2. The van der Waals surface area contributed by atoms with Gasteiger partial charge in [0.25, 0.3) is 0 Å². The second kappa shape index (κ2) is 6.59. The Labute approximate surface area is 125 Å². The van der Waals surface area contributed by atoms with Crippen molar-refractivity contribution in [3.8, 4) is 12.1 Å². The van der Waals surface area contributed by atoms with E-state index in [0.717, 1.165) is 17.7 Å². The topological polar surface area (TPSA) is 50.8 Å². The maximum absolute atomic E-state index is 9.44. The van der Waals surface area contributed by atoms with E-state index in [1.807, 2.05) is 67.6 Å². The summed E-state index contributed by atoms with van der Waals surface area (Å²) < 4.78 is 0. The number of rotatable bonds is 3. The van der Waals surface area contributed by atoms with Gasteiger partial charge in [0.15, 0.2) is 0 Å². The molecule has 3 nitrogen and oxygen atoms in total. The molecule has 0 amide bonds. The van der Waals surface area contributed by atoms with Crippen LogP contribution < -0.4 is 0 Å². The number of likely N-dealkylation sites (N-methyl/N-ethyl adjacent to an activating group) is 1. The molecule has 1 aliphatic heterocycles. The average Bonchev–Trinajstić information content (AvgIpc) is 2.68. The molecule has 21 heavy (non-hydrogen) atoms. The van der Waals surface area contributed by atoms with Gasteiger partial charge in [0.05, 0.1) is 17.7 Å². The van der Waals surface area contributed by atoms with Crippen LogP contribution in [0.5, 0.6) is 0 Å². The van der Waals surface area contributed by atoms with Gasteiger partial charge < -0.3 is 4.90 Å². The van der Waals surface area contributed by atoms with E-state index in [9.17, 15) is 10.5 Å². The monoisotopic (exact) mass is 275 g/mol. The van der Waals surface area contributed by atoms with Gasteiger partial charge in [-0.15, -0.1) is 0 Å². The van der Waals surface area contributed by atoms with Crippen molar-refractivity contribution < 1.29 is 0 Å². The highest BCUT2D eigenvalue weighted by Crippen LogP contribution is 2.35. The number of hydrogen-bond donors (Lipinski definition) is 0. The summed E-state index contributed by atoms with van der Waals surface area (Å²) in [5.74, 6) is -0.155. The van der Waals surface area contributed by atoms with Gasteiger partial charge in [-0.25, -0.2) is 0 Å². The molecule has 104 valence electrons. The van der Waals surface area contributed by atoms with Crippen LogP contribution in [0.3, 0.4) is 0 Å². The Morgan fingerprint density at radius 3 is 2.90 bits per heavy atom. The fraction of sp³-hybridized carbons (Fsp3) is 0.222.